The Kier molecular flexibility index (Phi) is 2.23. The van der Waals surface area contributed by atoms with Gasteiger partial charge in [0.25, 0.3) is 0 Å². The van der Waals surface area contributed by atoms with Crippen LogP contribution in [0.25, 0.3) is 0 Å². The summed E-state index contributed by atoms with van der Waals surface area (Å²) in [7, 11) is 0. The van der Waals surface area contributed by atoms with Gasteiger partial charge in [-0.1, -0.05) is 6.92 Å². The van der Waals surface area contributed by atoms with Crippen molar-refractivity contribution in [2.24, 2.45) is 5.92 Å². The molecule has 3 heteroatoms. The molecule has 0 aromatic rings. The molecule has 2 aliphatic heterocycles. The van der Waals surface area contributed by atoms with Crippen LogP contribution in [0.2, 0.25) is 0 Å². The lowest BCUT2D eigenvalue weighted by Crippen LogP contribution is -2.59. The molecule has 1 spiro atoms. The average Bonchev–Trinajstić information content (AvgIpc) is 2.09. The molecular weight excluding hydrogens is 150 g/mol. The summed E-state index contributed by atoms with van der Waals surface area (Å²) < 4.78 is 5.63. The van der Waals surface area contributed by atoms with Gasteiger partial charge in [-0.25, -0.2) is 0 Å². The van der Waals surface area contributed by atoms with E-state index in [1.165, 1.54) is 6.42 Å². The van der Waals surface area contributed by atoms with Crippen molar-refractivity contribution in [1.29, 1.82) is 0 Å². The number of hydrogen-bond acceptors (Lipinski definition) is 2. The Morgan fingerprint density at radius 1 is 1.50 bits per heavy atom. The molecule has 2 fully saturated rings. The zero-order valence-electron chi connectivity index (χ0n) is 6.22. The molecular formula is C7H14ClNO. The Morgan fingerprint density at radius 3 is 2.40 bits per heavy atom. The van der Waals surface area contributed by atoms with Gasteiger partial charge in [-0.05, 0) is 12.3 Å². The lowest BCUT2D eigenvalue weighted by molar-refractivity contribution is -0.0362. The third kappa shape index (κ3) is 1.16. The summed E-state index contributed by atoms with van der Waals surface area (Å²) in [6, 6.07) is 0. The van der Waals surface area contributed by atoms with Gasteiger partial charge in [0.1, 0.15) is 0 Å². The first-order chi connectivity index (χ1) is 4.31. The van der Waals surface area contributed by atoms with Crippen LogP contribution in [-0.2, 0) is 4.74 Å². The summed E-state index contributed by atoms with van der Waals surface area (Å²) in [5.74, 6) is 0.784. The first-order valence-corrected chi connectivity index (χ1v) is 3.65. The second-order valence-corrected chi connectivity index (χ2v) is 3.41. The van der Waals surface area contributed by atoms with Gasteiger partial charge in [0.2, 0.25) is 0 Å². The maximum atomic E-state index is 5.63. The minimum Gasteiger partial charge on any atom is -0.372 e. The van der Waals surface area contributed by atoms with Crippen LogP contribution in [0.5, 0.6) is 0 Å². The van der Waals surface area contributed by atoms with Crippen molar-refractivity contribution < 1.29 is 4.74 Å². The van der Waals surface area contributed by atoms with Gasteiger partial charge in [-0.2, -0.15) is 0 Å². The Bertz CT molecular complexity index is 125. The van der Waals surface area contributed by atoms with E-state index in [4.69, 9.17) is 4.74 Å². The van der Waals surface area contributed by atoms with E-state index in [0.717, 1.165) is 25.6 Å². The third-order valence-electron chi connectivity index (χ3n) is 2.29. The minimum absolute atomic E-state index is 0. The van der Waals surface area contributed by atoms with Crippen LogP contribution in [0.4, 0.5) is 0 Å². The fourth-order valence-corrected chi connectivity index (χ4v) is 1.72. The van der Waals surface area contributed by atoms with Gasteiger partial charge < -0.3 is 10.1 Å². The summed E-state index contributed by atoms with van der Waals surface area (Å²) in [4.78, 5) is 0. The highest BCUT2D eigenvalue weighted by molar-refractivity contribution is 5.85. The van der Waals surface area contributed by atoms with E-state index in [2.05, 4.69) is 12.2 Å². The van der Waals surface area contributed by atoms with Crippen molar-refractivity contribution in [2.45, 2.75) is 18.9 Å². The Morgan fingerprint density at radius 2 is 2.20 bits per heavy atom. The first kappa shape index (κ1) is 8.31. The molecule has 10 heavy (non-hydrogen) atoms. The van der Waals surface area contributed by atoms with Gasteiger partial charge >= 0.3 is 0 Å². The molecule has 2 saturated heterocycles. The highest BCUT2D eigenvalue weighted by Crippen LogP contribution is 2.32. The molecule has 0 aromatic carbocycles. The minimum atomic E-state index is 0. The second kappa shape index (κ2) is 2.68. The predicted molar refractivity (Wildman–Crippen MR) is 42.6 cm³/mol. The fraction of sp³-hybridized carbons (Fsp3) is 1.00. The van der Waals surface area contributed by atoms with Crippen LogP contribution in [0.15, 0.2) is 0 Å². The Labute approximate surface area is 67.7 Å². The molecule has 0 radical (unpaired) electrons. The Balaban J connectivity index is 0.000000500. The molecule has 1 atom stereocenters. The molecule has 1 N–H and O–H groups in total. The third-order valence-corrected chi connectivity index (χ3v) is 2.29. The molecule has 60 valence electrons. The van der Waals surface area contributed by atoms with Gasteiger partial charge in [0.05, 0.1) is 12.2 Å². The SMILES string of the molecule is CC1COC2(CNC2)C1.Cl. The van der Waals surface area contributed by atoms with Gasteiger partial charge in [-0.3, -0.25) is 0 Å². The standard InChI is InChI=1S/C7H13NO.ClH/c1-6-2-7(9-3-6)4-8-5-7;/h6,8H,2-5H2,1H3;1H. The molecule has 2 heterocycles. The van der Waals surface area contributed by atoms with E-state index < -0.39 is 0 Å². The van der Waals surface area contributed by atoms with E-state index in [0.29, 0.717) is 0 Å². The van der Waals surface area contributed by atoms with Crippen molar-refractivity contribution in [3.63, 3.8) is 0 Å². The molecule has 2 aliphatic rings. The maximum Gasteiger partial charge on any atom is 0.0933 e. The van der Waals surface area contributed by atoms with Gasteiger partial charge in [-0.15, -0.1) is 12.4 Å². The van der Waals surface area contributed by atoms with Crippen LogP contribution >= 0.6 is 12.4 Å². The molecule has 0 aromatic heterocycles. The van der Waals surface area contributed by atoms with Crippen molar-refractivity contribution in [1.82, 2.24) is 5.32 Å². The molecule has 1 unspecified atom stereocenters. The van der Waals surface area contributed by atoms with Crippen LogP contribution in [0.3, 0.4) is 0 Å². The zero-order chi connectivity index (χ0) is 6.32. The van der Waals surface area contributed by atoms with Crippen molar-refractivity contribution in [2.75, 3.05) is 19.7 Å². The monoisotopic (exact) mass is 163 g/mol. The number of halogens is 1. The van der Waals surface area contributed by atoms with Crippen molar-refractivity contribution in [3.8, 4) is 0 Å². The number of ether oxygens (including phenoxy) is 1. The quantitative estimate of drug-likeness (QED) is 0.571. The number of hydrogen-bond donors (Lipinski definition) is 1. The summed E-state index contributed by atoms with van der Waals surface area (Å²) in [6.45, 7) is 5.39. The van der Waals surface area contributed by atoms with E-state index in [9.17, 15) is 0 Å². The average molecular weight is 164 g/mol. The smallest absolute Gasteiger partial charge is 0.0933 e. The summed E-state index contributed by atoms with van der Waals surface area (Å²) in [5, 5.41) is 3.24. The topological polar surface area (TPSA) is 21.3 Å². The molecule has 2 nitrogen and oxygen atoms in total. The van der Waals surface area contributed by atoms with Crippen molar-refractivity contribution in [3.05, 3.63) is 0 Å². The predicted octanol–water partition coefficient (Wildman–Crippen LogP) is 0.807. The number of nitrogens with one attached hydrogen (secondary N) is 1. The fourth-order valence-electron chi connectivity index (χ4n) is 1.72. The first-order valence-electron chi connectivity index (χ1n) is 3.65. The molecule has 2 rings (SSSR count). The van der Waals surface area contributed by atoms with Crippen LogP contribution in [0.1, 0.15) is 13.3 Å². The van der Waals surface area contributed by atoms with E-state index in [1.54, 1.807) is 0 Å². The maximum absolute atomic E-state index is 5.63. The summed E-state index contributed by atoms with van der Waals surface area (Å²) in [5.41, 5.74) is 0.277. The molecule has 0 bridgehead atoms. The van der Waals surface area contributed by atoms with E-state index >= 15 is 0 Å². The second-order valence-electron chi connectivity index (χ2n) is 3.41. The normalized spacial score (nSPS) is 35.1. The molecule has 0 amide bonds. The summed E-state index contributed by atoms with van der Waals surface area (Å²) in [6.07, 6.45) is 1.26. The van der Waals surface area contributed by atoms with Gasteiger partial charge in [0.15, 0.2) is 0 Å². The highest BCUT2D eigenvalue weighted by atomic mass is 35.5. The van der Waals surface area contributed by atoms with Crippen LogP contribution in [-0.4, -0.2) is 25.3 Å². The lowest BCUT2D eigenvalue weighted by Gasteiger charge is -2.38. The largest absolute Gasteiger partial charge is 0.372 e. The van der Waals surface area contributed by atoms with E-state index in [-0.39, 0.29) is 18.0 Å². The summed E-state index contributed by atoms with van der Waals surface area (Å²) >= 11 is 0. The Hall–Kier alpha value is 0.210. The lowest BCUT2D eigenvalue weighted by atomic mass is 9.90. The highest BCUT2D eigenvalue weighted by Gasteiger charge is 2.43. The van der Waals surface area contributed by atoms with Crippen LogP contribution < -0.4 is 5.32 Å². The van der Waals surface area contributed by atoms with E-state index in [1.807, 2.05) is 0 Å². The van der Waals surface area contributed by atoms with Crippen molar-refractivity contribution >= 4 is 12.4 Å². The molecule has 0 saturated carbocycles. The number of rotatable bonds is 0. The zero-order valence-corrected chi connectivity index (χ0v) is 7.04. The van der Waals surface area contributed by atoms with Crippen LogP contribution in [0, 0.1) is 5.92 Å². The molecule has 0 aliphatic carbocycles. The van der Waals surface area contributed by atoms with Gasteiger partial charge in [0, 0.05) is 13.1 Å².